The first-order chi connectivity index (χ1) is 11.6. The Kier molecular flexibility index (Phi) is 4.38. The van der Waals surface area contributed by atoms with Gasteiger partial charge in [0.15, 0.2) is 0 Å². The Hall–Kier alpha value is -1.91. The van der Waals surface area contributed by atoms with Crippen LogP contribution in [0.4, 0.5) is 0 Å². The van der Waals surface area contributed by atoms with Crippen molar-refractivity contribution in [2.24, 2.45) is 0 Å². The van der Waals surface area contributed by atoms with E-state index in [2.05, 4.69) is 0 Å². The second-order valence-corrected chi connectivity index (χ2v) is 7.85. The number of rotatable bonds is 3. The summed E-state index contributed by atoms with van der Waals surface area (Å²) in [5, 5.41) is 9.16. The van der Waals surface area contributed by atoms with E-state index in [1.54, 1.807) is 32.0 Å². The molecule has 2 aliphatic rings. The third-order valence-corrected chi connectivity index (χ3v) is 4.99. The Labute approximate surface area is 145 Å². The van der Waals surface area contributed by atoms with E-state index in [0.717, 1.165) is 0 Å². The molecule has 0 saturated carbocycles. The van der Waals surface area contributed by atoms with E-state index >= 15 is 0 Å². The van der Waals surface area contributed by atoms with Crippen molar-refractivity contribution in [2.75, 3.05) is 6.54 Å². The number of carbonyl (C=O) groups excluding carboxylic acids is 1. The molecule has 1 amide bonds. The molecule has 1 unspecified atom stereocenters. The van der Waals surface area contributed by atoms with E-state index < -0.39 is 25.6 Å². The van der Waals surface area contributed by atoms with Crippen LogP contribution >= 0.6 is 7.82 Å². The summed E-state index contributed by atoms with van der Waals surface area (Å²) in [5.41, 5.74) is -0.281. The summed E-state index contributed by atoms with van der Waals surface area (Å²) in [6, 6.07) is 6.00. The van der Waals surface area contributed by atoms with Gasteiger partial charge in [-0.25, -0.2) is 0 Å². The van der Waals surface area contributed by atoms with Gasteiger partial charge in [0.1, 0.15) is 17.5 Å². The van der Waals surface area contributed by atoms with Gasteiger partial charge in [0.2, 0.25) is 5.91 Å². The number of hydrogen-bond acceptors (Lipinski definition) is 6. The summed E-state index contributed by atoms with van der Waals surface area (Å²) in [6.07, 6.45) is -0.152. The number of ether oxygens (including phenoxy) is 1. The number of carbonyl (C=O) groups is 1. The van der Waals surface area contributed by atoms with E-state index in [9.17, 15) is 19.1 Å². The minimum atomic E-state index is -5.08. The highest BCUT2D eigenvalue weighted by Crippen LogP contribution is 2.50. The first kappa shape index (κ1) is 17.9. The Morgan fingerprint density at radius 1 is 1.52 bits per heavy atom. The molecule has 25 heavy (non-hydrogen) atoms. The van der Waals surface area contributed by atoms with E-state index in [4.69, 9.17) is 14.5 Å². The molecule has 2 aliphatic heterocycles. The van der Waals surface area contributed by atoms with Gasteiger partial charge in [-0.15, -0.1) is 0 Å². The predicted octanol–water partition coefficient (Wildman–Crippen LogP) is 1.24. The lowest BCUT2D eigenvalue weighted by molar-refractivity contribution is -0.234. The maximum atomic E-state index is 12.3. The molecular formula is C16H18N2O6P-. The fourth-order valence-corrected chi connectivity index (χ4v) is 4.11. The third kappa shape index (κ3) is 3.42. The summed E-state index contributed by atoms with van der Waals surface area (Å²) in [6.45, 7) is 3.69. The van der Waals surface area contributed by atoms with Crippen LogP contribution in [0, 0.1) is 11.3 Å². The number of nitriles is 1. The molecule has 1 aromatic rings. The van der Waals surface area contributed by atoms with Gasteiger partial charge in [-0.05, 0) is 38.5 Å². The zero-order chi connectivity index (χ0) is 18.4. The van der Waals surface area contributed by atoms with Crippen LogP contribution in [-0.2, 0) is 13.9 Å². The molecule has 0 aliphatic carbocycles. The number of phosphoric acid groups is 1. The Morgan fingerprint density at radius 3 is 2.80 bits per heavy atom. The van der Waals surface area contributed by atoms with Crippen molar-refractivity contribution in [3.05, 3.63) is 29.3 Å². The van der Waals surface area contributed by atoms with Gasteiger partial charge in [0.05, 0.1) is 17.7 Å². The predicted molar refractivity (Wildman–Crippen MR) is 84.3 cm³/mol. The molecule has 134 valence electrons. The van der Waals surface area contributed by atoms with Gasteiger partial charge in [0.25, 0.3) is 7.82 Å². The largest absolute Gasteiger partial charge is 0.756 e. The molecule has 9 heteroatoms. The van der Waals surface area contributed by atoms with Crippen molar-refractivity contribution in [2.45, 2.75) is 44.4 Å². The van der Waals surface area contributed by atoms with Crippen LogP contribution in [0.25, 0.3) is 0 Å². The van der Waals surface area contributed by atoms with Crippen molar-refractivity contribution < 1.29 is 28.4 Å². The highest BCUT2D eigenvalue weighted by atomic mass is 31.2. The number of amides is 1. The van der Waals surface area contributed by atoms with E-state index in [-0.39, 0.29) is 5.91 Å². The number of phosphoric ester groups is 1. The molecule has 0 radical (unpaired) electrons. The minimum Gasteiger partial charge on any atom is -0.756 e. The lowest BCUT2D eigenvalue weighted by Crippen LogP contribution is -2.55. The Bertz CT molecular complexity index is 796. The molecule has 1 saturated heterocycles. The molecular weight excluding hydrogens is 347 g/mol. The fourth-order valence-electron chi connectivity index (χ4n) is 3.45. The average Bonchev–Trinajstić information content (AvgIpc) is 2.92. The molecule has 0 bridgehead atoms. The highest BCUT2D eigenvalue weighted by Gasteiger charge is 2.50. The highest BCUT2D eigenvalue weighted by molar-refractivity contribution is 7.44. The molecule has 1 fully saturated rings. The summed E-state index contributed by atoms with van der Waals surface area (Å²) < 4.78 is 22.2. The number of likely N-dealkylation sites (tertiary alicyclic amines) is 1. The van der Waals surface area contributed by atoms with Gasteiger partial charge in [-0.1, -0.05) is 0 Å². The van der Waals surface area contributed by atoms with Crippen molar-refractivity contribution in [1.82, 2.24) is 4.90 Å². The number of hydrogen-bond donors (Lipinski definition) is 1. The molecule has 0 spiro atoms. The quantitative estimate of drug-likeness (QED) is 0.799. The lowest BCUT2D eigenvalue weighted by atomic mass is 9.85. The zero-order valence-corrected chi connectivity index (χ0v) is 14.7. The average molecular weight is 365 g/mol. The normalized spacial score (nSPS) is 27.2. The smallest absolute Gasteiger partial charge is 0.265 e. The lowest BCUT2D eigenvalue weighted by Gasteiger charge is -2.48. The van der Waals surface area contributed by atoms with Crippen LogP contribution in [-0.4, -0.2) is 34.0 Å². The van der Waals surface area contributed by atoms with Crippen molar-refractivity contribution in [3.8, 4) is 11.8 Å². The van der Waals surface area contributed by atoms with Crippen molar-refractivity contribution in [1.29, 1.82) is 5.26 Å². The van der Waals surface area contributed by atoms with Crippen molar-refractivity contribution in [3.63, 3.8) is 0 Å². The van der Waals surface area contributed by atoms with E-state index in [0.29, 0.717) is 36.3 Å². The minimum absolute atomic E-state index is 0.136. The standard InChI is InChI=1S/C16H19N2O6P/c1-16(2)15(24-25(20,21)22)14(18-7-3-4-13(18)19)11-8-10(9-17)5-6-12(11)23-16/h5-6,8,14-15H,3-4,7H2,1-2H3,(H2,20,21,22)/p-1/t14-,15+/m1/s1. The molecule has 3 atom stereocenters. The number of nitrogens with zero attached hydrogens (tertiary/aromatic N) is 2. The second kappa shape index (κ2) is 6.11. The second-order valence-electron chi connectivity index (χ2n) is 6.70. The summed E-state index contributed by atoms with van der Waals surface area (Å²) in [7, 11) is -5.08. The zero-order valence-electron chi connectivity index (χ0n) is 13.8. The van der Waals surface area contributed by atoms with E-state index in [1.807, 2.05) is 6.07 Å². The maximum Gasteiger partial charge on any atom is 0.265 e. The molecule has 0 aromatic heterocycles. The van der Waals surface area contributed by atoms with Crippen LogP contribution in [0.1, 0.15) is 43.9 Å². The summed E-state index contributed by atoms with van der Waals surface area (Å²) in [4.78, 5) is 34.5. The monoisotopic (exact) mass is 365 g/mol. The van der Waals surface area contributed by atoms with Crippen LogP contribution < -0.4 is 9.63 Å². The van der Waals surface area contributed by atoms with Gasteiger partial charge in [-0.3, -0.25) is 9.36 Å². The first-order valence-corrected chi connectivity index (χ1v) is 9.37. The maximum absolute atomic E-state index is 12.3. The molecule has 1 aromatic carbocycles. The fraction of sp³-hybridized carbons (Fsp3) is 0.500. The van der Waals surface area contributed by atoms with Crippen LogP contribution in [0.15, 0.2) is 18.2 Å². The first-order valence-electron chi connectivity index (χ1n) is 7.87. The summed E-state index contributed by atoms with van der Waals surface area (Å²) >= 11 is 0. The molecule has 1 N–H and O–H groups in total. The van der Waals surface area contributed by atoms with E-state index in [1.165, 1.54) is 4.90 Å². The summed E-state index contributed by atoms with van der Waals surface area (Å²) in [5.74, 6) is 0.315. The molecule has 2 heterocycles. The van der Waals surface area contributed by atoms with Crippen LogP contribution in [0.2, 0.25) is 0 Å². The van der Waals surface area contributed by atoms with Gasteiger partial charge in [0, 0.05) is 18.5 Å². The Balaban J connectivity index is 2.16. The SMILES string of the molecule is CC1(C)Oc2ccc(C#N)cc2[C@@H](N2CCCC2=O)[C@@H]1OP(=O)([O-])O. The van der Waals surface area contributed by atoms with Crippen LogP contribution in [0.3, 0.4) is 0 Å². The van der Waals surface area contributed by atoms with Crippen LogP contribution in [0.5, 0.6) is 5.75 Å². The number of benzene rings is 1. The molecule has 8 nitrogen and oxygen atoms in total. The number of fused-ring (bicyclic) bond motifs is 1. The van der Waals surface area contributed by atoms with Crippen molar-refractivity contribution >= 4 is 13.7 Å². The van der Waals surface area contributed by atoms with Gasteiger partial charge >= 0.3 is 0 Å². The van der Waals surface area contributed by atoms with Gasteiger partial charge in [-0.2, -0.15) is 5.26 Å². The molecule has 3 rings (SSSR count). The Morgan fingerprint density at radius 2 is 2.24 bits per heavy atom. The topological polar surface area (TPSA) is 123 Å². The third-order valence-electron chi connectivity index (χ3n) is 4.50. The van der Waals surface area contributed by atoms with Gasteiger partial charge < -0.3 is 23.9 Å².